The minimum Gasteiger partial charge on any atom is -0.493 e. The molecule has 0 radical (unpaired) electrons. The van der Waals surface area contributed by atoms with E-state index < -0.39 is 11.4 Å². The first-order valence-electron chi connectivity index (χ1n) is 8.09. The van der Waals surface area contributed by atoms with Crippen LogP contribution in [0.3, 0.4) is 0 Å². The molecule has 3 nitrogen and oxygen atoms in total. The van der Waals surface area contributed by atoms with Crippen molar-refractivity contribution in [2.75, 3.05) is 6.61 Å². The van der Waals surface area contributed by atoms with Crippen molar-refractivity contribution in [2.45, 2.75) is 57.3 Å². The van der Waals surface area contributed by atoms with Gasteiger partial charge in [0.05, 0.1) is 12.0 Å². The van der Waals surface area contributed by atoms with Gasteiger partial charge in [0.2, 0.25) is 0 Å². The molecule has 2 fully saturated rings. The zero-order valence-corrected chi connectivity index (χ0v) is 12.7. The van der Waals surface area contributed by atoms with Crippen LogP contribution in [0, 0.1) is 12.8 Å². The Morgan fingerprint density at radius 1 is 1.29 bits per heavy atom. The van der Waals surface area contributed by atoms with Crippen LogP contribution in [0.1, 0.15) is 56.1 Å². The maximum absolute atomic E-state index is 11.9. The molecule has 114 valence electrons. The summed E-state index contributed by atoms with van der Waals surface area (Å²) in [5, 5.41) is 9.81. The molecular formula is C18H24O3. The molecule has 2 saturated carbocycles. The Morgan fingerprint density at radius 2 is 2.00 bits per heavy atom. The van der Waals surface area contributed by atoms with E-state index in [-0.39, 0.29) is 0 Å². The Hall–Kier alpha value is -1.51. The summed E-state index contributed by atoms with van der Waals surface area (Å²) in [7, 11) is 0. The van der Waals surface area contributed by atoms with Gasteiger partial charge in [-0.25, -0.2) is 0 Å². The molecule has 1 aromatic rings. The third-order valence-electron chi connectivity index (χ3n) is 5.22. The molecule has 0 heterocycles. The SMILES string of the molecule is Cc1ccc(OCC2CCC2)c(C2(C(=O)O)CCCC2)c1. The number of aliphatic carboxylic acids is 1. The second-order valence-corrected chi connectivity index (χ2v) is 6.70. The van der Waals surface area contributed by atoms with Crippen LogP contribution in [0.15, 0.2) is 18.2 Å². The van der Waals surface area contributed by atoms with E-state index in [1.807, 2.05) is 25.1 Å². The minimum atomic E-state index is -0.735. The van der Waals surface area contributed by atoms with Crippen LogP contribution in [-0.2, 0) is 10.2 Å². The second-order valence-electron chi connectivity index (χ2n) is 6.70. The Balaban J connectivity index is 1.90. The monoisotopic (exact) mass is 288 g/mol. The first-order valence-corrected chi connectivity index (χ1v) is 8.09. The lowest BCUT2D eigenvalue weighted by atomic mass is 9.78. The third kappa shape index (κ3) is 2.66. The molecule has 0 atom stereocenters. The van der Waals surface area contributed by atoms with E-state index in [1.165, 1.54) is 19.3 Å². The average Bonchev–Trinajstić information content (AvgIpc) is 2.89. The van der Waals surface area contributed by atoms with Crippen LogP contribution in [0.2, 0.25) is 0 Å². The molecule has 3 rings (SSSR count). The van der Waals surface area contributed by atoms with Crippen molar-refractivity contribution < 1.29 is 14.6 Å². The van der Waals surface area contributed by atoms with Crippen LogP contribution >= 0.6 is 0 Å². The Kier molecular flexibility index (Phi) is 3.92. The molecule has 0 spiro atoms. The highest BCUT2D eigenvalue weighted by Crippen LogP contribution is 2.45. The van der Waals surface area contributed by atoms with Crippen molar-refractivity contribution >= 4 is 5.97 Å². The molecule has 1 aromatic carbocycles. The highest BCUT2D eigenvalue weighted by molar-refractivity contribution is 5.83. The summed E-state index contributed by atoms with van der Waals surface area (Å²) < 4.78 is 6.02. The Morgan fingerprint density at radius 3 is 2.57 bits per heavy atom. The molecule has 0 bridgehead atoms. The molecule has 0 amide bonds. The van der Waals surface area contributed by atoms with E-state index in [2.05, 4.69) is 0 Å². The molecule has 2 aliphatic carbocycles. The van der Waals surface area contributed by atoms with Gasteiger partial charge in [0, 0.05) is 5.56 Å². The molecule has 2 aliphatic rings. The zero-order valence-electron chi connectivity index (χ0n) is 12.7. The fraction of sp³-hybridized carbons (Fsp3) is 0.611. The maximum Gasteiger partial charge on any atom is 0.314 e. The van der Waals surface area contributed by atoms with Crippen LogP contribution in [0.5, 0.6) is 5.75 Å². The fourth-order valence-corrected chi connectivity index (χ4v) is 3.59. The van der Waals surface area contributed by atoms with Gasteiger partial charge in [-0.05, 0) is 44.6 Å². The Bertz CT molecular complexity index is 525. The number of hydrogen-bond acceptors (Lipinski definition) is 2. The highest BCUT2D eigenvalue weighted by Gasteiger charge is 2.45. The van der Waals surface area contributed by atoms with Gasteiger partial charge in [0.15, 0.2) is 0 Å². The summed E-state index contributed by atoms with van der Waals surface area (Å²) in [6, 6.07) is 6.01. The lowest BCUT2D eigenvalue weighted by molar-refractivity contribution is -0.143. The molecule has 1 N–H and O–H groups in total. The normalized spacial score (nSPS) is 21.0. The predicted molar refractivity (Wildman–Crippen MR) is 81.8 cm³/mol. The lowest BCUT2D eigenvalue weighted by Gasteiger charge is -2.29. The number of aryl methyl sites for hydroxylation is 1. The smallest absolute Gasteiger partial charge is 0.314 e. The number of ether oxygens (including phenoxy) is 1. The average molecular weight is 288 g/mol. The van der Waals surface area contributed by atoms with Crippen molar-refractivity contribution in [1.29, 1.82) is 0 Å². The summed E-state index contributed by atoms with van der Waals surface area (Å²) in [5.41, 5.74) is 1.27. The fourth-order valence-electron chi connectivity index (χ4n) is 3.59. The van der Waals surface area contributed by atoms with E-state index in [4.69, 9.17) is 4.74 Å². The topological polar surface area (TPSA) is 46.5 Å². The van der Waals surface area contributed by atoms with Crippen molar-refractivity contribution in [2.24, 2.45) is 5.92 Å². The van der Waals surface area contributed by atoms with Crippen LogP contribution in [-0.4, -0.2) is 17.7 Å². The second kappa shape index (κ2) is 5.70. The van der Waals surface area contributed by atoms with E-state index in [0.29, 0.717) is 5.92 Å². The van der Waals surface area contributed by atoms with E-state index in [9.17, 15) is 9.90 Å². The first kappa shape index (κ1) is 14.4. The molecular weight excluding hydrogens is 264 g/mol. The van der Waals surface area contributed by atoms with Gasteiger partial charge in [-0.15, -0.1) is 0 Å². The van der Waals surface area contributed by atoms with Crippen molar-refractivity contribution in [3.63, 3.8) is 0 Å². The first-order chi connectivity index (χ1) is 10.1. The molecule has 0 aromatic heterocycles. The number of benzene rings is 1. The number of carbonyl (C=O) groups is 1. The van der Waals surface area contributed by atoms with E-state index in [0.717, 1.165) is 49.2 Å². The summed E-state index contributed by atoms with van der Waals surface area (Å²) in [5.74, 6) is 0.749. The van der Waals surface area contributed by atoms with Gasteiger partial charge in [-0.3, -0.25) is 4.79 Å². The van der Waals surface area contributed by atoms with E-state index in [1.54, 1.807) is 0 Å². The van der Waals surface area contributed by atoms with Gasteiger partial charge in [0.1, 0.15) is 5.75 Å². The molecule has 0 unspecified atom stereocenters. The van der Waals surface area contributed by atoms with Crippen molar-refractivity contribution in [1.82, 2.24) is 0 Å². The van der Waals surface area contributed by atoms with Gasteiger partial charge < -0.3 is 9.84 Å². The zero-order chi connectivity index (χ0) is 14.9. The van der Waals surface area contributed by atoms with Crippen molar-refractivity contribution in [3.05, 3.63) is 29.3 Å². The molecule has 3 heteroatoms. The van der Waals surface area contributed by atoms with Crippen LogP contribution in [0.25, 0.3) is 0 Å². The molecule has 0 saturated heterocycles. The van der Waals surface area contributed by atoms with Crippen LogP contribution < -0.4 is 4.74 Å². The standard InChI is InChI=1S/C18H24O3/c1-13-7-8-16(21-12-14-5-4-6-14)15(11-13)18(17(19)20)9-2-3-10-18/h7-8,11,14H,2-6,9-10,12H2,1H3,(H,19,20). The number of hydrogen-bond donors (Lipinski definition) is 1. The van der Waals surface area contributed by atoms with E-state index >= 15 is 0 Å². The molecule has 21 heavy (non-hydrogen) atoms. The maximum atomic E-state index is 11.9. The highest BCUT2D eigenvalue weighted by atomic mass is 16.5. The van der Waals surface area contributed by atoms with Gasteiger partial charge in [-0.1, -0.05) is 37.0 Å². The van der Waals surface area contributed by atoms with Gasteiger partial charge in [-0.2, -0.15) is 0 Å². The minimum absolute atomic E-state index is 0.656. The van der Waals surface area contributed by atoms with Gasteiger partial charge in [0.25, 0.3) is 0 Å². The lowest BCUT2D eigenvalue weighted by Crippen LogP contribution is -2.33. The summed E-state index contributed by atoms with van der Waals surface area (Å²) >= 11 is 0. The van der Waals surface area contributed by atoms with Crippen molar-refractivity contribution in [3.8, 4) is 5.75 Å². The summed E-state index contributed by atoms with van der Waals surface area (Å²) in [4.78, 5) is 11.9. The third-order valence-corrected chi connectivity index (χ3v) is 5.22. The predicted octanol–water partition coefficient (Wildman–Crippen LogP) is 4.07. The number of carboxylic acids is 1. The van der Waals surface area contributed by atoms with Crippen LogP contribution in [0.4, 0.5) is 0 Å². The largest absolute Gasteiger partial charge is 0.493 e. The number of carboxylic acid groups (broad SMARTS) is 1. The van der Waals surface area contributed by atoms with Gasteiger partial charge >= 0.3 is 5.97 Å². The number of rotatable bonds is 5. The Labute approximate surface area is 126 Å². The molecule has 0 aliphatic heterocycles. The summed E-state index contributed by atoms with van der Waals surface area (Å²) in [6.45, 7) is 2.75. The quantitative estimate of drug-likeness (QED) is 0.888. The summed E-state index contributed by atoms with van der Waals surface area (Å²) in [6.07, 6.45) is 7.21.